The molecule has 1 aromatic heterocycles. The summed E-state index contributed by atoms with van der Waals surface area (Å²) in [5, 5.41) is 2.88. The minimum Gasteiger partial charge on any atom is -0.494 e. The second-order valence-electron chi connectivity index (χ2n) is 5.48. The Labute approximate surface area is 139 Å². The average Bonchev–Trinajstić information content (AvgIpc) is 2.87. The fourth-order valence-electron chi connectivity index (χ4n) is 2.57. The first kappa shape index (κ1) is 15.9. The number of H-pyrrole nitrogens is 1. The summed E-state index contributed by atoms with van der Waals surface area (Å²) in [7, 11) is 1.69. The molecule has 0 aliphatic rings. The fraction of sp³-hybridized carbons (Fsp3) is 0.222. The van der Waals surface area contributed by atoms with Crippen LogP contribution in [0.15, 0.2) is 47.3 Å². The summed E-state index contributed by atoms with van der Waals surface area (Å²) in [6, 6.07) is 12.8. The molecule has 124 valence electrons. The van der Waals surface area contributed by atoms with Crippen molar-refractivity contribution in [2.24, 2.45) is 7.05 Å². The lowest BCUT2D eigenvalue weighted by atomic mass is 10.1. The number of ether oxygens (including phenoxy) is 1. The Morgan fingerprint density at radius 2 is 2.08 bits per heavy atom. The van der Waals surface area contributed by atoms with Crippen molar-refractivity contribution >= 4 is 16.9 Å². The first-order valence-electron chi connectivity index (χ1n) is 7.77. The van der Waals surface area contributed by atoms with E-state index in [1.807, 2.05) is 31.2 Å². The maximum absolute atomic E-state index is 12.3. The first-order chi connectivity index (χ1) is 11.6. The minimum absolute atomic E-state index is 0.191. The molecule has 3 rings (SSSR count). The molecule has 0 radical (unpaired) electrons. The van der Waals surface area contributed by atoms with Crippen molar-refractivity contribution in [2.75, 3.05) is 6.61 Å². The number of nitrogens with one attached hydrogen (secondary N) is 2. The van der Waals surface area contributed by atoms with Crippen LogP contribution in [0, 0.1) is 0 Å². The summed E-state index contributed by atoms with van der Waals surface area (Å²) in [4.78, 5) is 26.7. The Kier molecular flexibility index (Phi) is 4.37. The number of carbonyl (C=O) groups is 1. The number of nitrogens with zero attached hydrogens (tertiary/aromatic N) is 1. The summed E-state index contributed by atoms with van der Waals surface area (Å²) < 4.78 is 6.96. The Morgan fingerprint density at radius 1 is 1.25 bits per heavy atom. The second kappa shape index (κ2) is 6.62. The lowest BCUT2D eigenvalue weighted by molar-refractivity contribution is 0.0951. The number of benzene rings is 2. The molecule has 1 amide bonds. The molecule has 0 saturated carbocycles. The molecule has 0 bridgehead atoms. The van der Waals surface area contributed by atoms with Gasteiger partial charge in [-0.3, -0.25) is 9.36 Å². The van der Waals surface area contributed by atoms with Gasteiger partial charge in [-0.2, -0.15) is 0 Å². The Morgan fingerprint density at radius 3 is 2.88 bits per heavy atom. The number of carbonyl (C=O) groups excluding carboxylic acids is 1. The van der Waals surface area contributed by atoms with Crippen LogP contribution in [0.1, 0.15) is 22.8 Å². The van der Waals surface area contributed by atoms with Crippen molar-refractivity contribution in [3.05, 3.63) is 64.1 Å². The Balaban J connectivity index is 1.73. The van der Waals surface area contributed by atoms with Gasteiger partial charge in [0.25, 0.3) is 5.91 Å². The van der Waals surface area contributed by atoms with Gasteiger partial charge in [-0.05, 0) is 42.8 Å². The zero-order valence-electron chi connectivity index (χ0n) is 13.6. The molecule has 2 aromatic carbocycles. The quantitative estimate of drug-likeness (QED) is 0.755. The van der Waals surface area contributed by atoms with Gasteiger partial charge in [0, 0.05) is 19.2 Å². The van der Waals surface area contributed by atoms with E-state index in [2.05, 4.69) is 10.3 Å². The molecule has 3 aromatic rings. The van der Waals surface area contributed by atoms with E-state index in [1.165, 1.54) is 4.57 Å². The maximum atomic E-state index is 12.3. The molecular weight excluding hydrogens is 306 g/mol. The summed E-state index contributed by atoms with van der Waals surface area (Å²) in [5.41, 5.74) is 2.68. The Bertz CT molecular complexity index is 940. The molecule has 2 N–H and O–H groups in total. The van der Waals surface area contributed by atoms with E-state index in [0.29, 0.717) is 24.2 Å². The molecule has 6 heteroatoms. The third-order valence-electron chi connectivity index (χ3n) is 3.83. The van der Waals surface area contributed by atoms with Crippen LogP contribution in [-0.4, -0.2) is 22.1 Å². The highest BCUT2D eigenvalue weighted by Gasteiger charge is 2.09. The summed E-state index contributed by atoms with van der Waals surface area (Å²) in [5.74, 6) is 0.593. The van der Waals surface area contributed by atoms with Crippen LogP contribution in [0.4, 0.5) is 0 Å². The van der Waals surface area contributed by atoms with Crippen LogP contribution in [0.5, 0.6) is 5.75 Å². The molecule has 0 unspecified atom stereocenters. The largest absolute Gasteiger partial charge is 0.494 e. The third-order valence-corrected chi connectivity index (χ3v) is 3.83. The highest BCUT2D eigenvalue weighted by atomic mass is 16.5. The van der Waals surface area contributed by atoms with Gasteiger partial charge in [0.2, 0.25) is 0 Å². The fourth-order valence-corrected chi connectivity index (χ4v) is 2.57. The minimum atomic E-state index is -0.199. The molecule has 0 aliphatic heterocycles. The number of aromatic nitrogens is 2. The van der Waals surface area contributed by atoms with Crippen molar-refractivity contribution in [3.63, 3.8) is 0 Å². The van der Waals surface area contributed by atoms with Gasteiger partial charge < -0.3 is 15.0 Å². The van der Waals surface area contributed by atoms with Crippen molar-refractivity contribution in [2.45, 2.75) is 13.5 Å². The lowest BCUT2D eigenvalue weighted by Gasteiger charge is -2.08. The van der Waals surface area contributed by atoms with Gasteiger partial charge >= 0.3 is 5.69 Å². The highest BCUT2D eigenvalue weighted by Crippen LogP contribution is 2.14. The van der Waals surface area contributed by atoms with E-state index in [-0.39, 0.29) is 11.6 Å². The summed E-state index contributed by atoms with van der Waals surface area (Å²) in [6.45, 7) is 2.94. The van der Waals surface area contributed by atoms with Crippen LogP contribution in [0.2, 0.25) is 0 Å². The van der Waals surface area contributed by atoms with Gasteiger partial charge in [-0.25, -0.2) is 4.79 Å². The van der Waals surface area contributed by atoms with Crippen LogP contribution >= 0.6 is 0 Å². The van der Waals surface area contributed by atoms with Gasteiger partial charge in [0.15, 0.2) is 0 Å². The average molecular weight is 325 g/mol. The van der Waals surface area contributed by atoms with E-state index in [9.17, 15) is 9.59 Å². The molecule has 0 atom stereocenters. The van der Waals surface area contributed by atoms with E-state index in [0.717, 1.165) is 16.8 Å². The highest BCUT2D eigenvalue weighted by molar-refractivity contribution is 5.97. The zero-order chi connectivity index (χ0) is 17.1. The monoisotopic (exact) mass is 325 g/mol. The molecule has 24 heavy (non-hydrogen) atoms. The predicted molar refractivity (Wildman–Crippen MR) is 92.3 cm³/mol. The number of fused-ring (bicyclic) bond motifs is 1. The van der Waals surface area contributed by atoms with Gasteiger partial charge in [-0.15, -0.1) is 0 Å². The van der Waals surface area contributed by atoms with Gasteiger partial charge in [0.1, 0.15) is 5.75 Å². The number of amides is 1. The second-order valence-corrected chi connectivity index (χ2v) is 5.48. The molecule has 0 saturated heterocycles. The molecule has 0 aliphatic carbocycles. The standard InChI is InChI=1S/C18H19N3O3/c1-3-24-14-6-4-5-12(9-14)11-19-17(22)13-7-8-16-15(10-13)20-18(23)21(16)2/h4-10H,3,11H2,1-2H3,(H,19,22)(H,20,23). The smallest absolute Gasteiger partial charge is 0.326 e. The van der Waals surface area contributed by atoms with Crippen LogP contribution in [0.25, 0.3) is 11.0 Å². The van der Waals surface area contributed by atoms with Crippen molar-refractivity contribution < 1.29 is 9.53 Å². The van der Waals surface area contributed by atoms with E-state index >= 15 is 0 Å². The van der Waals surface area contributed by atoms with Gasteiger partial charge in [0.05, 0.1) is 17.6 Å². The van der Waals surface area contributed by atoms with Crippen molar-refractivity contribution in [1.82, 2.24) is 14.9 Å². The predicted octanol–water partition coefficient (Wildman–Crippen LogP) is 2.20. The van der Waals surface area contributed by atoms with Crippen LogP contribution in [-0.2, 0) is 13.6 Å². The number of rotatable bonds is 5. The molecule has 6 nitrogen and oxygen atoms in total. The molecule has 0 spiro atoms. The lowest BCUT2D eigenvalue weighted by Crippen LogP contribution is -2.22. The van der Waals surface area contributed by atoms with Crippen molar-refractivity contribution in [3.8, 4) is 5.75 Å². The van der Waals surface area contributed by atoms with Crippen molar-refractivity contribution in [1.29, 1.82) is 0 Å². The summed E-state index contributed by atoms with van der Waals surface area (Å²) >= 11 is 0. The van der Waals surface area contributed by atoms with Crippen LogP contribution < -0.4 is 15.7 Å². The maximum Gasteiger partial charge on any atom is 0.326 e. The number of hydrogen-bond donors (Lipinski definition) is 2. The molecule has 1 heterocycles. The molecular formula is C18H19N3O3. The number of hydrogen-bond acceptors (Lipinski definition) is 3. The van der Waals surface area contributed by atoms with Gasteiger partial charge in [-0.1, -0.05) is 12.1 Å². The number of imidazole rings is 1. The molecule has 0 fully saturated rings. The SMILES string of the molecule is CCOc1cccc(CNC(=O)c2ccc3c(c2)[nH]c(=O)n3C)c1. The van der Waals surface area contributed by atoms with Crippen LogP contribution in [0.3, 0.4) is 0 Å². The first-order valence-corrected chi connectivity index (χ1v) is 7.77. The van der Waals surface area contributed by atoms with E-state index < -0.39 is 0 Å². The topological polar surface area (TPSA) is 76.1 Å². The number of aromatic amines is 1. The zero-order valence-corrected chi connectivity index (χ0v) is 13.6. The third kappa shape index (κ3) is 3.17. The Hall–Kier alpha value is -3.02. The van der Waals surface area contributed by atoms with E-state index in [1.54, 1.807) is 25.2 Å². The normalized spacial score (nSPS) is 10.8. The number of aryl methyl sites for hydroxylation is 1. The van der Waals surface area contributed by atoms with E-state index in [4.69, 9.17) is 4.74 Å². The summed E-state index contributed by atoms with van der Waals surface area (Å²) in [6.07, 6.45) is 0.